The van der Waals surface area contributed by atoms with Gasteiger partial charge in [0.25, 0.3) is 0 Å². The summed E-state index contributed by atoms with van der Waals surface area (Å²) in [6.45, 7) is 9.18. The van der Waals surface area contributed by atoms with Crippen LogP contribution in [0.3, 0.4) is 0 Å². The monoisotopic (exact) mass is 302 g/mol. The molecular formula is C22H38. The van der Waals surface area contributed by atoms with Crippen molar-refractivity contribution >= 4 is 0 Å². The van der Waals surface area contributed by atoms with E-state index in [4.69, 9.17) is 0 Å². The molecule has 0 radical (unpaired) electrons. The molecule has 0 aromatic rings. The van der Waals surface area contributed by atoms with E-state index in [1.807, 2.05) is 0 Å². The van der Waals surface area contributed by atoms with Crippen molar-refractivity contribution in [2.75, 3.05) is 0 Å². The summed E-state index contributed by atoms with van der Waals surface area (Å²) in [5, 5.41) is 0. The second kappa shape index (κ2) is 14.9. The molecule has 0 saturated carbocycles. The Bertz CT molecular complexity index is 334. The van der Waals surface area contributed by atoms with Crippen LogP contribution in [0.15, 0.2) is 48.6 Å². The van der Waals surface area contributed by atoms with Gasteiger partial charge in [-0.1, -0.05) is 89.1 Å². The largest absolute Gasteiger partial charge is 0.0882 e. The van der Waals surface area contributed by atoms with Crippen molar-refractivity contribution < 1.29 is 0 Å². The Morgan fingerprint density at radius 2 is 1.00 bits per heavy atom. The van der Waals surface area contributed by atoms with Crippen LogP contribution in [0.5, 0.6) is 0 Å². The average molecular weight is 303 g/mol. The number of unbranched alkanes of at least 4 members (excludes halogenated alkanes) is 3. The summed E-state index contributed by atoms with van der Waals surface area (Å²) in [5.41, 5.74) is 0.477. The topological polar surface area (TPSA) is 0 Å². The van der Waals surface area contributed by atoms with Crippen LogP contribution in [-0.2, 0) is 0 Å². The van der Waals surface area contributed by atoms with Crippen molar-refractivity contribution in [3.63, 3.8) is 0 Å². The third-order valence-electron chi connectivity index (χ3n) is 3.51. The van der Waals surface area contributed by atoms with Gasteiger partial charge < -0.3 is 0 Å². The van der Waals surface area contributed by atoms with E-state index in [0.29, 0.717) is 5.41 Å². The van der Waals surface area contributed by atoms with E-state index in [-0.39, 0.29) is 0 Å². The van der Waals surface area contributed by atoms with Crippen LogP contribution >= 0.6 is 0 Å². The molecule has 0 amide bonds. The van der Waals surface area contributed by atoms with Gasteiger partial charge in [-0.05, 0) is 50.4 Å². The van der Waals surface area contributed by atoms with E-state index in [9.17, 15) is 0 Å². The van der Waals surface area contributed by atoms with Crippen LogP contribution in [0.4, 0.5) is 0 Å². The Morgan fingerprint density at radius 1 is 0.591 bits per heavy atom. The van der Waals surface area contributed by atoms with E-state index in [1.54, 1.807) is 0 Å². The first-order valence-corrected chi connectivity index (χ1v) is 9.16. The SMILES string of the molecule is CCCC/C=C\C/C=C\C/C=C\C/C=C\CCCC(C)(C)C. The quantitative estimate of drug-likeness (QED) is 0.255. The zero-order valence-electron chi connectivity index (χ0n) is 15.5. The second-order valence-electron chi connectivity index (χ2n) is 7.19. The van der Waals surface area contributed by atoms with Crippen LogP contribution < -0.4 is 0 Å². The zero-order valence-corrected chi connectivity index (χ0v) is 15.5. The Labute approximate surface area is 140 Å². The summed E-state index contributed by atoms with van der Waals surface area (Å²) in [7, 11) is 0. The fourth-order valence-corrected chi connectivity index (χ4v) is 2.12. The number of rotatable bonds is 12. The maximum atomic E-state index is 2.33. The highest BCUT2D eigenvalue weighted by molar-refractivity contribution is 4.99. The maximum Gasteiger partial charge on any atom is -0.0169 e. The van der Waals surface area contributed by atoms with Crippen LogP contribution in [0.2, 0.25) is 0 Å². The summed E-state index contributed by atoms with van der Waals surface area (Å²) in [6, 6.07) is 0. The lowest BCUT2D eigenvalue weighted by Crippen LogP contribution is -2.03. The summed E-state index contributed by atoms with van der Waals surface area (Å²) < 4.78 is 0. The molecule has 0 spiro atoms. The summed E-state index contributed by atoms with van der Waals surface area (Å²) in [6.07, 6.45) is 29.1. The third-order valence-corrected chi connectivity index (χ3v) is 3.51. The average Bonchev–Trinajstić information content (AvgIpc) is 2.45. The van der Waals surface area contributed by atoms with E-state index in [2.05, 4.69) is 76.3 Å². The lowest BCUT2D eigenvalue weighted by atomic mass is 9.90. The third kappa shape index (κ3) is 19.0. The molecule has 0 aliphatic carbocycles. The molecule has 22 heavy (non-hydrogen) atoms. The molecule has 0 aromatic heterocycles. The predicted molar refractivity (Wildman–Crippen MR) is 103 cm³/mol. The predicted octanol–water partition coefficient (Wildman–Crippen LogP) is 7.79. The van der Waals surface area contributed by atoms with Gasteiger partial charge in [-0.2, -0.15) is 0 Å². The van der Waals surface area contributed by atoms with Crippen LogP contribution in [0, 0.1) is 5.41 Å². The van der Waals surface area contributed by atoms with Gasteiger partial charge in [0, 0.05) is 0 Å². The van der Waals surface area contributed by atoms with Gasteiger partial charge in [-0.15, -0.1) is 0 Å². The van der Waals surface area contributed by atoms with Gasteiger partial charge in [-0.25, -0.2) is 0 Å². The Morgan fingerprint density at radius 3 is 1.41 bits per heavy atom. The van der Waals surface area contributed by atoms with Crippen molar-refractivity contribution in [1.82, 2.24) is 0 Å². The molecule has 0 aliphatic rings. The normalized spacial score (nSPS) is 13.5. The molecule has 0 nitrogen and oxygen atoms in total. The highest BCUT2D eigenvalue weighted by Gasteiger charge is 2.07. The number of hydrogen-bond donors (Lipinski definition) is 0. The fourth-order valence-electron chi connectivity index (χ4n) is 2.12. The molecule has 0 aromatic carbocycles. The van der Waals surface area contributed by atoms with Crippen LogP contribution in [0.25, 0.3) is 0 Å². The Hall–Kier alpha value is -1.04. The standard InChI is InChI=1S/C22H38/c1-5-6-7-8-9-10-11-12-13-14-15-16-17-18-19-20-21-22(2,3)4/h8-9,11-12,14-15,17-18H,5-7,10,13,16,19-21H2,1-4H3/b9-8-,12-11-,15-14-,18-17-. The Balaban J connectivity index is 3.45. The molecule has 0 aliphatic heterocycles. The van der Waals surface area contributed by atoms with Crippen molar-refractivity contribution in [1.29, 1.82) is 0 Å². The van der Waals surface area contributed by atoms with Crippen molar-refractivity contribution in [3.05, 3.63) is 48.6 Å². The minimum atomic E-state index is 0.477. The van der Waals surface area contributed by atoms with Gasteiger partial charge in [0.1, 0.15) is 0 Å². The fraction of sp³-hybridized carbons (Fsp3) is 0.636. The zero-order chi connectivity index (χ0) is 16.5. The lowest BCUT2D eigenvalue weighted by molar-refractivity contribution is 0.367. The second-order valence-corrected chi connectivity index (χ2v) is 7.19. The van der Waals surface area contributed by atoms with Crippen LogP contribution in [-0.4, -0.2) is 0 Å². The number of allylic oxidation sites excluding steroid dienone is 8. The summed E-state index contributed by atoms with van der Waals surface area (Å²) in [4.78, 5) is 0. The summed E-state index contributed by atoms with van der Waals surface area (Å²) >= 11 is 0. The molecule has 0 atom stereocenters. The maximum absolute atomic E-state index is 2.33. The molecule has 0 bridgehead atoms. The molecule has 0 heterocycles. The highest BCUT2D eigenvalue weighted by atomic mass is 14.1. The van der Waals surface area contributed by atoms with Gasteiger partial charge in [0.05, 0.1) is 0 Å². The smallest absolute Gasteiger partial charge is 0.0169 e. The van der Waals surface area contributed by atoms with Gasteiger partial charge >= 0.3 is 0 Å². The van der Waals surface area contributed by atoms with E-state index >= 15 is 0 Å². The molecule has 0 saturated heterocycles. The molecule has 0 rings (SSSR count). The first-order valence-electron chi connectivity index (χ1n) is 9.16. The van der Waals surface area contributed by atoms with Gasteiger partial charge in [-0.3, -0.25) is 0 Å². The molecule has 0 fully saturated rings. The van der Waals surface area contributed by atoms with E-state index in [1.165, 1.54) is 38.5 Å². The molecule has 0 heteroatoms. The Kier molecular flexibility index (Phi) is 14.2. The molecule has 0 N–H and O–H groups in total. The van der Waals surface area contributed by atoms with Crippen LogP contribution in [0.1, 0.15) is 85.5 Å². The van der Waals surface area contributed by atoms with Crippen molar-refractivity contribution in [3.8, 4) is 0 Å². The first-order chi connectivity index (χ1) is 10.6. The van der Waals surface area contributed by atoms with E-state index in [0.717, 1.165) is 19.3 Å². The van der Waals surface area contributed by atoms with Crippen molar-refractivity contribution in [2.24, 2.45) is 5.41 Å². The van der Waals surface area contributed by atoms with E-state index < -0.39 is 0 Å². The molecular weight excluding hydrogens is 264 g/mol. The van der Waals surface area contributed by atoms with Crippen molar-refractivity contribution in [2.45, 2.75) is 85.5 Å². The molecule has 126 valence electrons. The minimum Gasteiger partial charge on any atom is -0.0882 e. The van der Waals surface area contributed by atoms with Gasteiger partial charge in [0.2, 0.25) is 0 Å². The van der Waals surface area contributed by atoms with Gasteiger partial charge in [0.15, 0.2) is 0 Å². The highest BCUT2D eigenvalue weighted by Crippen LogP contribution is 2.21. The first kappa shape index (κ1) is 21.0. The minimum absolute atomic E-state index is 0.477. The molecule has 0 unspecified atom stereocenters. The number of hydrogen-bond acceptors (Lipinski definition) is 0. The lowest BCUT2D eigenvalue weighted by Gasteiger charge is -2.16. The summed E-state index contributed by atoms with van der Waals surface area (Å²) in [5.74, 6) is 0.